The van der Waals surface area contributed by atoms with Crippen LogP contribution in [0.5, 0.6) is 0 Å². The molecule has 0 atom stereocenters. The molecule has 7 heteroatoms. The lowest BCUT2D eigenvalue weighted by Crippen LogP contribution is -2.12. The molecule has 3 aromatic heterocycles. The van der Waals surface area contributed by atoms with E-state index in [2.05, 4.69) is 30.1 Å². The third kappa shape index (κ3) is 5.29. The van der Waals surface area contributed by atoms with E-state index in [0.717, 1.165) is 39.9 Å². The van der Waals surface area contributed by atoms with E-state index in [1.165, 1.54) is 6.92 Å². The molecular formula is C24H29N3O4. The van der Waals surface area contributed by atoms with Crippen molar-refractivity contribution in [2.75, 3.05) is 6.61 Å². The van der Waals surface area contributed by atoms with Crippen LogP contribution in [0.15, 0.2) is 30.6 Å². The average Bonchev–Trinajstić information content (AvgIpc) is 3.14. The molecule has 0 fully saturated rings. The summed E-state index contributed by atoms with van der Waals surface area (Å²) in [6.07, 6.45) is 6.01. The minimum absolute atomic E-state index is 0.0770. The first-order valence-corrected chi connectivity index (χ1v) is 10.7. The highest BCUT2D eigenvalue weighted by atomic mass is 16.5. The zero-order valence-electron chi connectivity index (χ0n) is 18.6. The van der Waals surface area contributed by atoms with Crippen molar-refractivity contribution in [3.05, 3.63) is 53.1 Å². The monoisotopic (exact) mass is 423 g/mol. The molecule has 0 unspecified atom stereocenters. The molecule has 0 bridgehead atoms. The summed E-state index contributed by atoms with van der Waals surface area (Å²) in [5.41, 5.74) is 6.73. The van der Waals surface area contributed by atoms with Crippen LogP contribution >= 0.6 is 0 Å². The second kappa shape index (κ2) is 10.2. The maximum Gasteiger partial charge on any atom is 0.305 e. The predicted molar refractivity (Wildman–Crippen MR) is 118 cm³/mol. The Labute approximate surface area is 182 Å². The first-order valence-electron chi connectivity index (χ1n) is 10.7. The molecule has 0 N–H and O–H groups in total. The lowest BCUT2D eigenvalue weighted by Gasteiger charge is -2.17. The summed E-state index contributed by atoms with van der Waals surface area (Å²) in [4.78, 5) is 27.8. The number of esters is 2. The van der Waals surface area contributed by atoms with Crippen molar-refractivity contribution in [1.82, 2.24) is 14.6 Å². The van der Waals surface area contributed by atoms with Gasteiger partial charge in [0.25, 0.3) is 0 Å². The summed E-state index contributed by atoms with van der Waals surface area (Å²) in [6.45, 7) is 7.72. The maximum absolute atomic E-state index is 11.9. The van der Waals surface area contributed by atoms with E-state index in [9.17, 15) is 9.59 Å². The van der Waals surface area contributed by atoms with Gasteiger partial charge in [-0.15, -0.1) is 0 Å². The molecule has 7 nitrogen and oxygen atoms in total. The van der Waals surface area contributed by atoms with Crippen molar-refractivity contribution >= 4 is 17.5 Å². The van der Waals surface area contributed by atoms with Crippen molar-refractivity contribution in [2.45, 2.75) is 60.0 Å². The molecule has 0 spiro atoms. The van der Waals surface area contributed by atoms with Gasteiger partial charge in [-0.05, 0) is 62.4 Å². The summed E-state index contributed by atoms with van der Waals surface area (Å²) >= 11 is 0. The highest BCUT2D eigenvalue weighted by Gasteiger charge is 2.20. The van der Waals surface area contributed by atoms with Crippen LogP contribution in [0.25, 0.3) is 16.6 Å². The van der Waals surface area contributed by atoms with Crippen LogP contribution in [0.4, 0.5) is 0 Å². The molecule has 164 valence electrons. The fourth-order valence-corrected chi connectivity index (χ4v) is 3.74. The molecule has 0 radical (unpaired) electrons. The van der Waals surface area contributed by atoms with Gasteiger partial charge in [0.15, 0.2) is 0 Å². The van der Waals surface area contributed by atoms with E-state index in [4.69, 9.17) is 14.6 Å². The summed E-state index contributed by atoms with van der Waals surface area (Å²) < 4.78 is 12.3. The highest BCUT2D eigenvalue weighted by Crippen LogP contribution is 2.33. The largest absolute Gasteiger partial charge is 0.466 e. The van der Waals surface area contributed by atoms with Crippen molar-refractivity contribution in [1.29, 1.82) is 0 Å². The first kappa shape index (κ1) is 22.5. The van der Waals surface area contributed by atoms with Crippen LogP contribution in [-0.2, 0) is 38.5 Å². The number of nitrogens with zero attached hydrogens (tertiary/aromatic N) is 3. The van der Waals surface area contributed by atoms with Gasteiger partial charge in [-0.2, -0.15) is 5.10 Å². The van der Waals surface area contributed by atoms with Gasteiger partial charge in [0.05, 0.1) is 12.1 Å². The number of rotatable bonds is 9. The van der Waals surface area contributed by atoms with E-state index in [-0.39, 0.29) is 18.5 Å². The molecule has 0 aromatic carbocycles. The van der Waals surface area contributed by atoms with E-state index in [1.54, 1.807) is 6.92 Å². The van der Waals surface area contributed by atoms with Gasteiger partial charge in [-0.25, -0.2) is 4.52 Å². The van der Waals surface area contributed by atoms with E-state index in [1.807, 2.05) is 23.8 Å². The number of carbonyl (C=O) groups is 2. The molecule has 3 aromatic rings. The number of hydrogen-bond donors (Lipinski definition) is 0. The molecule has 0 saturated carbocycles. The number of hydrogen-bond acceptors (Lipinski definition) is 6. The Hall–Kier alpha value is -3.22. The third-order valence-corrected chi connectivity index (χ3v) is 5.11. The molecule has 0 saturated heterocycles. The van der Waals surface area contributed by atoms with Gasteiger partial charge >= 0.3 is 11.9 Å². The normalized spacial score (nSPS) is 11.0. The molecule has 0 aliphatic carbocycles. The Morgan fingerprint density at radius 1 is 1.13 bits per heavy atom. The summed E-state index contributed by atoms with van der Waals surface area (Å²) in [7, 11) is 0. The zero-order valence-corrected chi connectivity index (χ0v) is 18.6. The molecule has 0 aliphatic heterocycles. The maximum atomic E-state index is 11.9. The summed E-state index contributed by atoms with van der Waals surface area (Å²) in [5, 5.41) is 4.82. The zero-order chi connectivity index (χ0) is 22.4. The number of carbonyl (C=O) groups excluding carboxylic acids is 2. The van der Waals surface area contributed by atoms with Gasteiger partial charge in [-0.1, -0.05) is 6.92 Å². The molecule has 0 aliphatic rings. The lowest BCUT2D eigenvalue weighted by atomic mass is 9.95. The summed E-state index contributed by atoms with van der Waals surface area (Å²) in [6, 6.07) is 6.21. The fraction of sp³-hybridized carbons (Fsp3) is 0.417. The van der Waals surface area contributed by atoms with E-state index in [0.29, 0.717) is 31.6 Å². The summed E-state index contributed by atoms with van der Waals surface area (Å²) in [5.74, 6) is -0.575. The van der Waals surface area contributed by atoms with Crippen molar-refractivity contribution < 1.29 is 19.1 Å². The fourth-order valence-electron chi connectivity index (χ4n) is 3.74. The Kier molecular flexibility index (Phi) is 7.39. The van der Waals surface area contributed by atoms with Crippen LogP contribution < -0.4 is 0 Å². The number of pyridine rings is 1. The van der Waals surface area contributed by atoms with Crippen LogP contribution in [0.1, 0.15) is 56.1 Å². The smallest absolute Gasteiger partial charge is 0.305 e. The van der Waals surface area contributed by atoms with Crippen LogP contribution in [0.3, 0.4) is 0 Å². The number of aryl methyl sites for hydroxylation is 2. The Morgan fingerprint density at radius 2 is 1.94 bits per heavy atom. The second-order valence-electron chi connectivity index (χ2n) is 7.47. The molecule has 3 rings (SSSR count). The minimum Gasteiger partial charge on any atom is -0.466 e. The predicted octanol–water partition coefficient (Wildman–Crippen LogP) is 4.22. The average molecular weight is 424 g/mol. The van der Waals surface area contributed by atoms with Gasteiger partial charge < -0.3 is 9.47 Å². The number of aromatic nitrogens is 3. The Bertz CT molecular complexity index is 1090. The first-order chi connectivity index (χ1) is 14.9. The number of fused-ring (bicyclic) bond motifs is 1. The standard InChI is InChI=1S/C24H29N3O4/c1-5-19-10-11-22-24(18-12-16(3)13-25-14-18)20(8-7-9-23(29)30-6-2)21(26-27(19)22)15-31-17(4)28/h10-14H,5-9,15H2,1-4H3. The van der Waals surface area contributed by atoms with Gasteiger partial charge in [-0.3, -0.25) is 14.6 Å². The minimum atomic E-state index is -0.360. The Morgan fingerprint density at radius 3 is 2.61 bits per heavy atom. The van der Waals surface area contributed by atoms with Gasteiger partial charge in [0, 0.05) is 42.6 Å². The topological polar surface area (TPSA) is 82.8 Å². The Balaban J connectivity index is 2.15. The van der Waals surface area contributed by atoms with Crippen molar-refractivity contribution in [2.24, 2.45) is 0 Å². The number of ether oxygens (including phenoxy) is 2. The van der Waals surface area contributed by atoms with Crippen molar-refractivity contribution in [3.8, 4) is 11.1 Å². The van der Waals surface area contributed by atoms with Crippen LogP contribution in [0, 0.1) is 6.92 Å². The van der Waals surface area contributed by atoms with Gasteiger partial charge in [0.1, 0.15) is 12.3 Å². The van der Waals surface area contributed by atoms with E-state index >= 15 is 0 Å². The third-order valence-electron chi connectivity index (χ3n) is 5.11. The highest BCUT2D eigenvalue weighted by molar-refractivity contribution is 5.84. The van der Waals surface area contributed by atoms with Crippen LogP contribution in [0.2, 0.25) is 0 Å². The molecule has 0 amide bonds. The van der Waals surface area contributed by atoms with Crippen molar-refractivity contribution in [3.63, 3.8) is 0 Å². The molecular weight excluding hydrogens is 394 g/mol. The van der Waals surface area contributed by atoms with Gasteiger partial charge in [0.2, 0.25) is 0 Å². The second-order valence-corrected chi connectivity index (χ2v) is 7.47. The molecule has 3 heterocycles. The van der Waals surface area contributed by atoms with E-state index < -0.39 is 0 Å². The lowest BCUT2D eigenvalue weighted by molar-refractivity contribution is -0.143. The quantitative estimate of drug-likeness (QED) is 0.479. The molecule has 31 heavy (non-hydrogen) atoms. The SMILES string of the molecule is CCOC(=O)CCCc1c(COC(C)=O)nn2c(CC)ccc2c1-c1cncc(C)c1. The van der Waals surface area contributed by atoms with Crippen LogP contribution in [-0.4, -0.2) is 33.1 Å².